The van der Waals surface area contributed by atoms with Crippen molar-refractivity contribution in [3.63, 3.8) is 0 Å². The Labute approximate surface area is 275 Å². The first-order chi connectivity index (χ1) is 21.0. The Kier molecular flexibility index (Phi) is 57.5. The van der Waals surface area contributed by atoms with Crippen molar-refractivity contribution >= 4 is 41.8 Å². The van der Waals surface area contributed by atoms with Gasteiger partial charge >= 0.3 is 5.97 Å². The van der Waals surface area contributed by atoms with E-state index in [1.165, 1.54) is 57.8 Å². The van der Waals surface area contributed by atoms with E-state index in [-0.39, 0.29) is 0 Å². The normalized spacial score (nSPS) is 8.89. The summed E-state index contributed by atoms with van der Waals surface area (Å²) in [6, 6.07) is 0. The van der Waals surface area contributed by atoms with Gasteiger partial charge in [-0.1, -0.05) is 97.8 Å². The van der Waals surface area contributed by atoms with Crippen LogP contribution in [0.2, 0.25) is 0 Å². The highest BCUT2D eigenvalue weighted by Gasteiger charge is 2.36. The topological polar surface area (TPSA) is 261 Å². The summed E-state index contributed by atoms with van der Waals surface area (Å²) in [5.74, 6) is -5.53. The summed E-state index contributed by atoms with van der Waals surface area (Å²) in [5, 5.41) is 54.4. The van der Waals surface area contributed by atoms with Crippen LogP contribution in [-0.4, -0.2) is 77.5 Å². The first-order valence-corrected chi connectivity index (χ1v) is 15.4. The lowest BCUT2D eigenvalue weighted by molar-refractivity contribution is -0.151. The van der Waals surface area contributed by atoms with Crippen LogP contribution in [-0.2, 0) is 33.6 Å². The van der Waals surface area contributed by atoms with E-state index in [0.29, 0.717) is 0 Å². The second kappa shape index (κ2) is 45.7. The molecule has 7 N–H and O–H groups in total. The van der Waals surface area contributed by atoms with E-state index >= 15 is 0 Å². The van der Waals surface area contributed by atoms with Crippen molar-refractivity contribution in [2.24, 2.45) is 5.41 Å². The maximum atomic E-state index is 12.0. The summed E-state index contributed by atoms with van der Waals surface area (Å²) in [5.41, 5.74) is -0.435. The SMILES string of the molecule is CC(=O)O.CC(=O)O.CC(=O)O.CC(=O)O.CC(=O)O.CC(=O)O.CCCCCCC(CCCCCC)(CCCCCC)C(=O)O. The van der Waals surface area contributed by atoms with Crippen molar-refractivity contribution in [3.8, 4) is 0 Å². The van der Waals surface area contributed by atoms with E-state index in [9.17, 15) is 9.90 Å². The average Bonchev–Trinajstić information content (AvgIpc) is 2.84. The molecule has 0 aromatic heterocycles. The molecule has 0 bridgehead atoms. The number of unbranched alkanes of at least 4 members (excludes halogenated alkanes) is 9. The predicted octanol–water partition coefficient (Wildman–Crippen LogP) is 7.51. The third-order valence-electron chi connectivity index (χ3n) is 4.98. The van der Waals surface area contributed by atoms with Gasteiger partial charge in [0, 0.05) is 41.5 Å². The Morgan fingerprint density at radius 3 is 0.609 bits per heavy atom. The van der Waals surface area contributed by atoms with Crippen LogP contribution >= 0.6 is 0 Å². The fraction of sp³-hybridized carbons (Fsp3) is 0.781. The maximum absolute atomic E-state index is 12.0. The van der Waals surface area contributed by atoms with E-state index < -0.39 is 47.2 Å². The van der Waals surface area contributed by atoms with Crippen LogP contribution in [0.1, 0.15) is 159 Å². The number of carboxylic acid groups (broad SMARTS) is 7. The zero-order chi connectivity index (χ0) is 38.1. The summed E-state index contributed by atoms with van der Waals surface area (Å²) in [4.78, 5) is 66.0. The molecule has 0 saturated heterocycles. The second-order valence-corrected chi connectivity index (χ2v) is 10.1. The first-order valence-electron chi connectivity index (χ1n) is 15.4. The number of aliphatic carboxylic acids is 7. The fourth-order valence-electron chi connectivity index (χ4n) is 3.37. The van der Waals surface area contributed by atoms with E-state index in [2.05, 4.69) is 20.8 Å². The minimum Gasteiger partial charge on any atom is -0.481 e. The average molecular weight is 673 g/mol. The van der Waals surface area contributed by atoms with Gasteiger partial charge in [-0.05, 0) is 19.3 Å². The number of carboxylic acids is 7. The zero-order valence-corrected chi connectivity index (χ0v) is 29.6. The third-order valence-corrected chi connectivity index (χ3v) is 4.98. The molecule has 14 nitrogen and oxygen atoms in total. The molecule has 0 fully saturated rings. The minimum atomic E-state index is -0.833. The van der Waals surface area contributed by atoms with Crippen molar-refractivity contribution in [1.82, 2.24) is 0 Å². The van der Waals surface area contributed by atoms with Crippen molar-refractivity contribution < 1.29 is 69.3 Å². The molecule has 0 heterocycles. The largest absolute Gasteiger partial charge is 0.481 e. The van der Waals surface area contributed by atoms with Crippen molar-refractivity contribution in [2.45, 2.75) is 159 Å². The van der Waals surface area contributed by atoms with E-state index in [1.54, 1.807) is 0 Å². The second-order valence-electron chi connectivity index (χ2n) is 10.1. The van der Waals surface area contributed by atoms with Gasteiger partial charge in [-0.15, -0.1) is 0 Å². The lowest BCUT2D eigenvalue weighted by Gasteiger charge is -2.30. The van der Waals surface area contributed by atoms with Crippen LogP contribution in [0.3, 0.4) is 0 Å². The molecule has 0 aromatic carbocycles. The smallest absolute Gasteiger partial charge is 0.309 e. The highest BCUT2D eigenvalue weighted by Crippen LogP contribution is 2.37. The van der Waals surface area contributed by atoms with Gasteiger partial charge < -0.3 is 35.7 Å². The Morgan fingerprint density at radius 1 is 0.348 bits per heavy atom. The molecule has 0 unspecified atom stereocenters. The summed E-state index contributed by atoms with van der Waals surface area (Å²) < 4.78 is 0. The standard InChI is InChI=1S/C20H40O2.6C2H4O2/c1-4-7-10-13-16-20(19(21)22,17-14-11-8-5-2)18-15-12-9-6-3;6*1-2(3)4/h4-18H2,1-3H3,(H,21,22);6*1H3,(H,3,4). The summed E-state index contributed by atoms with van der Waals surface area (Å²) in [7, 11) is 0. The molecule has 0 radical (unpaired) electrons. The number of hydrogen-bond donors (Lipinski definition) is 7. The molecular formula is C32H64O14. The van der Waals surface area contributed by atoms with Crippen molar-refractivity contribution in [3.05, 3.63) is 0 Å². The molecule has 0 rings (SSSR count). The molecule has 0 aromatic rings. The fourth-order valence-corrected chi connectivity index (χ4v) is 3.37. The van der Waals surface area contributed by atoms with Crippen molar-refractivity contribution in [1.29, 1.82) is 0 Å². The Morgan fingerprint density at radius 2 is 0.500 bits per heavy atom. The monoisotopic (exact) mass is 672 g/mol. The van der Waals surface area contributed by atoms with E-state index in [0.717, 1.165) is 80.1 Å². The Hall–Kier alpha value is -3.71. The molecule has 0 aliphatic rings. The van der Waals surface area contributed by atoms with Gasteiger partial charge in [0.15, 0.2) is 0 Å². The predicted molar refractivity (Wildman–Crippen MR) is 176 cm³/mol. The Balaban J connectivity index is -0.000000102. The third kappa shape index (κ3) is 115. The number of carbonyl (C=O) groups is 7. The first kappa shape index (κ1) is 57.9. The zero-order valence-electron chi connectivity index (χ0n) is 29.6. The van der Waals surface area contributed by atoms with Crippen LogP contribution in [0.4, 0.5) is 0 Å². The van der Waals surface area contributed by atoms with Gasteiger partial charge in [0.25, 0.3) is 35.8 Å². The lowest BCUT2D eigenvalue weighted by atomic mass is 9.74. The van der Waals surface area contributed by atoms with Gasteiger partial charge in [0.2, 0.25) is 0 Å². The van der Waals surface area contributed by atoms with Crippen LogP contribution < -0.4 is 0 Å². The molecule has 0 spiro atoms. The number of rotatable bonds is 16. The summed E-state index contributed by atoms with van der Waals surface area (Å²) in [6.45, 7) is 13.1. The van der Waals surface area contributed by atoms with Gasteiger partial charge in [-0.25, -0.2) is 0 Å². The van der Waals surface area contributed by atoms with Gasteiger partial charge in [-0.3, -0.25) is 33.6 Å². The summed E-state index contributed by atoms with van der Waals surface area (Å²) in [6.07, 6.45) is 16.9. The highest BCUT2D eigenvalue weighted by molar-refractivity contribution is 5.74. The van der Waals surface area contributed by atoms with E-state index in [1.807, 2.05) is 0 Å². The van der Waals surface area contributed by atoms with Crippen LogP contribution in [0.25, 0.3) is 0 Å². The molecule has 0 atom stereocenters. The quantitative estimate of drug-likeness (QED) is 0.0782. The molecule has 0 amide bonds. The minimum absolute atomic E-state index is 0.435. The highest BCUT2D eigenvalue weighted by atomic mass is 16.4. The molecule has 276 valence electrons. The molecule has 14 heteroatoms. The van der Waals surface area contributed by atoms with E-state index in [4.69, 9.17) is 59.4 Å². The summed E-state index contributed by atoms with van der Waals surface area (Å²) >= 11 is 0. The van der Waals surface area contributed by atoms with Crippen LogP contribution in [0.5, 0.6) is 0 Å². The molecule has 0 aliphatic carbocycles. The lowest BCUT2D eigenvalue weighted by Crippen LogP contribution is -2.31. The molecule has 0 aliphatic heterocycles. The molecule has 46 heavy (non-hydrogen) atoms. The molecule has 0 saturated carbocycles. The van der Waals surface area contributed by atoms with Gasteiger partial charge in [0.1, 0.15) is 0 Å². The van der Waals surface area contributed by atoms with Gasteiger partial charge in [0.05, 0.1) is 5.41 Å². The Bertz CT molecular complexity index is 616. The number of hydrogen-bond acceptors (Lipinski definition) is 7. The van der Waals surface area contributed by atoms with Crippen LogP contribution in [0.15, 0.2) is 0 Å². The van der Waals surface area contributed by atoms with Crippen molar-refractivity contribution in [2.75, 3.05) is 0 Å². The molecular weight excluding hydrogens is 608 g/mol. The van der Waals surface area contributed by atoms with Crippen LogP contribution in [0, 0.1) is 5.41 Å². The van der Waals surface area contributed by atoms with Gasteiger partial charge in [-0.2, -0.15) is 0 Å². The maximum Gasteiger partial charge on any atom is 0.309 e.